The predicted octanol–water partition coefficient (Wildman–Crippen LogP) is 3.17. The van der Waals surface area contributed by atoms with Crippen LogP contribution in [0, 0.1) is 0 Å². The summed E-state index contributed by atoms with van der Waals surface area (Å²) < 4.78 is 7.10. The molecule has 0 aliphatic carbocycles. The molecule has 2 aromatic heterocycles. The molecule has 0 amide bonds. The molecule has 2 N–H and O–H groups in total. The van der Waals surface area contributed by atoms with E-state index in [-0.39, 0.29) is 6.04 Å². The standard InChI is InChI=1S/C25H33N7O/c1-3-26-25(28-18-20-11-13-27-24(17-20)32-16-6-12-30-32)29-19-23(31-14-4-5-15-31)21-7-9-22(33-2)10-8-21/h6-13,16-17,23H,3-5,14-15,18-19H2,1-2H3,(H2,26,28,29). The van der Waals surface area contributed by atoms with Gasteiger partial charge in [-0.05, 0) is 74.3 Å². The van der Waals surface area contributed by atoms with Gasteiger partial charge in [-0.25, -0.2) is 14.7 Å². The van der Waals surface area contributed by atoms with Crippen LogP contribution < -0.4 is 15.4 Å². The number of methoxy groups -OCH3 is 1. The van der Waals surface area contributed by atoms with E-state index in [2.05, 4.69) is 44.7 Å². The molecular formula is C25H33N7O. The van der Waals surface area contributed by atoms with Gasteiger partial charge < -0.3 is 15.4 Å². The van der Waals surface area contributed by atoms with Crippen molar-refractivity contribution in [1.29, 1.82) is 0 Å². The molecule has 1 atom stereocenters. The van der Waals surface area contributed by atoms with E-state index in [0.29, 0.717) is 6.54 Å². The third kappa shape index (κ3) is 6.10. The Bertz CT molecular complexity index is 1010. The first-order chi connectivity index (χ1) is 16.3. The molecule has 1 saturated heterocycles. The summed E-state index contributed by atoms with van der Waals surface area (Å²) in [6.07, 6.45) is 7.94. The summed E-state index contributed by atoms with van der Waals surface area (Å²) in [7, 11) is 1.70. The summed E-state index contributed by atoms with van der Waals surface area (Å²) in [4.78, 5) is 11.8. The minimum atomic E-state index is 0.287. The number of ether oxygens (including phenoxy) is 1. The molecule has 0 saturated carbocycles. The summed E-state index contributed by atoms with van der Waals surface area (Å²) >= 11 is 0. The first-order valence-corrected chi connectivity index (χ1v) is 11.6. The first-order valence-electron chi connectivity index (χ1n) is 11.6. The van der Waals surface area contributed by atoms with Gasteiger partial charge in [-0.2, -0.15) is 5.10 Å². The third-order valence-electron chi connectivity index (χ3n) is 5.86. The minimum absolute atomic E-state index is 0.287. The smallest absolute Gasteiger partial charge is 0.191 e. The number of likely N-dealkylation sites (tertiary alicyclic amines) is 1. The van der Waals surface area contributed by atoms with Crippen molar-refractivity contribution in [1.82, 2.24) is 30.3 Å². The van der Waals surface area contributed by atoms with Gasteiger partial charge in [0.1, 0.15) is 5.75 Å². The average molecular weight is 448 g/mol. The van der Waals surface area contributed by atoms with Crippen LogP contribution in [0.5, 0.6) is 5.75 Å². The quantitative estimate of drug-likeness (QED) is 0.387. The number of nitrogens with zero attached hydrogens (tertiary/aromatic N) is 5. The normalized spacial score (nSPS) is 15.4. The molecule has 3 aromatic rings. The molecule has 33 heavy (non-hydrogen) atoms. The number of pyridine rings is 1. The van der Waals surface area contributed by atoms with Crippen LogP contribution in [-0.2, 0) is 6.54 Å². The van der Waals surface area contributed by atoms with Crippen LogP contribution in [-0.4, -0.2) is 58.9 Å². The molecule has 0 bridgehead atoms. The second-order valence-corrected chi connectivity index (χ2v) is 8.08. The van der Waals surface area contributed by atoms with Crippen LogP contribution in [0.15, 0.2) is 66.0 Å². The molecule has 1 aromatic carbocycles. The monoisotopic (exact) mass is 447 g/mol. The minimum Gasteiger partial charge on any atom is -0.497 e. The number of aromatic nitrogens is 3. The zero-order valence-corrected chi connectivity index (χ0v) is 19.4. The van der Waals surface area contributed by atoms with Crippen molar-refractivity contribution in [3.63, 3.8) is 0 Å². The fourth-order valence-corrected chi connectivity index (χ4v) is 4.13. The molecule has 1 fully saturated rings. The lowest BCUT2D eigenvalue weighted by atomic mass is 10.1. The van der Waals surface area contributed by atoms with Crippen molar-refractivity contribution < 1.29 is 4.74 Å². The van der Waals surface area contributed by atoms with E-state index < -0.39 is 0 Å². The summed E-state index contributed by atoms with van der Waals surface area (Å²) in [5.41, 5.74) is 2.37. The van der Waals surface area contributed by atoms with Gasteiger partial charge in [0.25, 0.3) is 0 Å². The van der Waals surface area contributed by atoms with Gasteiger partial charge >= 0.3 is 0 Å². The van der Waals surface area contributed by atoms with Gasteiger partial charge in [0.15, 0.2) is 11.8 Å². The van der Waals surface area contributed by atoms with Crippen LogP contribution >= 0.6 is 0 Å². The van der Waals surface area contributed by atoms with E-state index in [9.17, 15) is 0 Å². The van der Waals surface area contributed by atoms with E-state index in [4.69, 9.17) is 9.73 Å². The van der Waals surface area contributed by atoms with Gasteiger partial charge in [-0.3, -0.25) is 4.90 Å². The Morgan fingerprint density at radius 3 is 2.64 bits per heavy atom. The van der Waals surface area contributed by atoms with Crippen molar-refractivity contribution in [2.75, 3.05) is 33.3 Å². The highest BCUT2D eigenvalue weighted by atomic mass is 16.5. The highest BCUT2D eigenvalue weighted by Crippen LogP contribution is 2.26. The Kier molecular flexibility index (Phi) is 7.92. The van der Waals surface area contributed by atoms with E-state index >= 15 is 0 Å². The zero-order valence-electron chi connectivity index (χ0n) is 19.4. The Morgan fingerprint density at radius 1 is 1.12 bits per heavy atom. The summed E-state index contributed by atoms with van der Waals surface area (Å²) in [6.45, 7) is 6.48. The molecule has 1 unspecified atom stereocenters. The topological polar surface area (TPSA) is 79.6 Å². The first kappa shape index (κ1) is 22.8. The average Bonchev–Trinajstić information content (AvgIpc) is 3.58. The van der Waals surface area contributed by atoms with Gasteiger partial charge in [-0.15, -0.1) is 0 Å². The van der Waals surface area contributed by atoms with Crippen LogP contribution in [0.1, 0.15) is 36.9 Å². The SMILES string of the molecule is CCNC(=NCc1ccnc(-n2cccn2)c1)NCC(c1ccc(OC)cc1)N1CCCC1. The lowest BCUT2D eigenvalue weighted by Gasteiger charge is -2.29. The summed E-state index contributed by atoms with van der Waals surface area (Å²) in [5.74, 6) is 2.49. The van der Waals surface area contributed by atoms with Crippen LogP contribution in [0.4, 0.5) is 0 Å². The second-order valence-electron chi connectivity index (χ2n) is 8.08. The zero-order chi connectivity index (χ0) is 22.9. The molecule has 1 aliphatic heterocycles. The fraction of sp³-hybridized carbons (Fsp3) is 0.400. The summed E-state index contributed by atoms with van der Waals surface area (Å²) in [5, 5.41) is 11.2. The predicted molar refractivity (Wildman–Crippen MR) is 131 cm³/mol. The van der Waals surface area contributed by atoms with Crippen molar-refractivity contribution in [3.05, 3.63) is 72.2 Å². The number of aliphatic imine (C=N–C) groups is 1. The Balaban J connectivity index is 1.45. The lowest BCUT2D eigenvalue weighted by Crippen LogP contribution is -2.42. The van der Waals surface area contributed by atoms with E-state index in [1.165, 1.54) is 18.4 Å². The van der Waals surface area contributed by atoms with Gasteiger partial charge in [0.05, 0.1) is 19.7 Å². The van der Waals surface area contributed by atoms with E-state index in [0.717, 1.165) is 49.3 Å². The molecule has 174 valence electrons. The van der Waals surface area contributed by atoms with E-state index in [1.807, 2.05) is 36.5 Å². The van der Waals surface area contributed by atoms with Crippen molar-refractivity contribution in [3.8, 4) is 11.6 Å². The molecule has 4 rings (SSSR count). The fourth-order valence-electron chi connectivity index (χ4n) is 4.13. The molecule has 3 heterocycles. The number of nitrogens with one attached hydrogen (secondary N) is 2. The van der Waals surface area contributed by atoms with Crippen LogP contribution in [0.25, 0.3) is 5.82 Å². The maximum atomic E-state index is 5.34. The van der Waals surface area contributed by atoms with Crippen molar-refractivity contribution in [2.45, 2.75) is 32.4 Å². The second kappa shape index (κ2) is 11.5. The molecule has 8 heteroatoms. The highest BCUT2D eigenvalue weighted by Gasteiger charge is 2.23. The molecule has 1 aliphatic rings. The van der Waals surface area contributed by atoms with Gasteiger partial charge in [0, 0.05) is 31.7 Å². The van der Waals surface area contributed by atoms with Crippen molar-refractivity contribution >= 4 is 5.96 Å². The Hall–Kier alpha value is -3.39. The number of rotatable bonds is 9. The van der Waals surface area contributed by atoms with Crippen LogP contribution in [0.2, 0.25) is 0 Å². The highest BCUT2D eigenvalue weighted by molar-refractivity contribution is 5.79. The van der Waals surface area contributed by atoms with Gasteiger partial charge in [0.2, 0.25) is 0 Å². The number of hydrogen-bond donors (Lipinski definition) is 2. The number of guanidine groups is 1. The van der Waals surface area contributed by atoms with Gasteiger partial charge in [-0.1, -0.05) is 12.1 Å². The maximum absolute atomic E-state index is 5.34. The lowest BCUT2D eigenvalue weighted by molar-refractivity contribution is 0.245. The maximum Gasteiger partial charge on any atom is 0.191 e. The molecule has 0 spiro atoms. The van der Waals surface area contributed by atoms with Crippen LogP contribution in [0.3, 0.4) is 0 Å². The number of benzene rings is 1. The van der Waals surface area contributed by atoms with E-state index in [1.54, 1.807) is 24.2 Å². The molecule has 0 radical (unpaired) electrons. The Labute approximate surface area is 195 Å². The molecule has 8 nitrogen and oxygen atoms in total. The summed E-state index contributed by atoms with van der Waals surface area (Å²) in [6, 6.07) is 14.6. The largest absolute Gasteiger partial charge is 0.497 e. The number of hydrogen-bond acceptors (Lipinski definition) is 5. The Morgan fingerprint density at radius 2 is 1.94 bits per heavy atom. The van der Waals surface area contributed by atoms with Crippen molar-refractivity contribution in [2.24, 2.45) is 4.99 Å². The third-order valence-corrected chi connectivity index (χ3v) is 5.86. The molecular weight excluding hydrogens is 414 g/mol.